The van der Waals surface area contributed by atoms with E-state index >= 15 is 0 Å². The van der Waals surface area contributed by atoms with Gasteiger partial charge in [-0.1, -0.05) is 6.42 Å². The normalized spacial score (nSPS) is 35.2. The highest BCUT2D eigenvalue weighted by Crippen LogP contribution is 2.63. The maximum absolute atomic E-state index is 13.3. The zero-order valence-corrected chi connectivity index (χ0v) is 11.8. The van der Waals surface area contributed by atoms with Crippen molar-refractivity contribution < 1.29 is 9.13 Å². The molecule has 2 heterocycles. The molecular formula is C16H21FN2O. The number of hydrogen-bond donors (Lipinski definition) is 1. The van der Waals surface area contributed by atoms with Crippen LogP contribution in [0.3, 0.4) is 0 Å². The zero-order chi connectivity index (χ0) is 13.7. The fourth-order valence-electron chi connectivity index (χ4n) is 4.53. The van der Waals surface area contributed by atoms with E-state index in [-0.39, 0.29) is 11.9 Å². The van der Waals surface area contributed by atoms with Gasteiger partial charge < -0.3 is 10.1 Å². The Labute approximate surface area is 118 Å². The zero-order valence-electron chi connectivity index (χ0n) is 11.8. The van der Waals surface area contributed by atoms with Crippen LogP contribution in [0.15, 0.2) is 18.5 Å². The summed E-state index contributed by atoms with van der Waals surface area (Å²) in [7, 11) is 0. The van der Waals surface area contributed by atoms with Crippen molar-refractivity contribution in [1.82, 2.24) is 10.3 Å². The van der Waals surface area contributed by atoms with Crippen LogP contribution >= 0.6 is 0 Å². The molecule has 4 heteroatoms. The first-order chi connectivity index (χ1) is 9.71. The highest BCUT2D eigenvalue weighted by atomic mass is 19.1. The van der Waals surface area contributed by atoms with Crippen molar-refractivity contribution in [2.24, 2.45) is 11.3 Å². The van der Waals surface area contributed by atoms with Crippen molar-refractivity contribution >= 4 is 0 Å². The first kappa shape index (κ1) is 12.7. The van der Waals surface area contributed by atoms with Gasteiger partial charge in [0.25, 0.3) is 0 Å². The van der Waals surface area contributed by atoms with Gasteiger partial charge in [-0.15, -0.1) is 0 Å². The number of pyridine rings is 1. The summed E-state index contributed by atoms with van der Waals surface area (Å²) in [6.45, 7) is 3.01. The van der Waals surface area contributed by atoms with Crippen LogP contribution < -0.4 is 5.32 Å². The SMILES string of the molecule is C[C@H](N[C@@H]1[C@@H]2CCO[C@@H]2C12CCC2)c1cncc(F)c1. The highest BCUT2D eigenvalue weighted by molar-refractivity contribution is 5.21. The molecule has 4 atom stereocenters. The minimum absolute atomic E-state index is 0.141. The predicted octanol–water partition coefficient (Wildman–Crippen LogP) is 2.83. The Balaban J connectivity index is 1.51. The maximum Gasteiger partial charge on any atom is 0.141 e. The van der Waals surface area contributed by atoms with E-state index in [1.165, 1.54) is 25.5 Å². The van der Waals surface area contributed by atoms with E-state index in [2.05, 4.69) is 17.2 Å². The summed E-state index contributed by atoms with van der Waals surface area (Å²) in [5, 5.41) is 3.74. The largest absolute Gasteiger partial charge is 0.377 e. The summed E-state index contributed by atoms with van der Waals surface area (Å²) in [5.41, 5.74) is 1.30. The molecule has 1 aromatic rings. The second-order valence-corrected chi connectivity index (χ2v) is 6.63. The van der Waals surface area contributed by atoms with Gasteiger partial charge in [0, 0.05) is 36.2 Å². The van der Waals surface area contributed by atoms with Crippen molar-refractivity contribution in [1.29, 1.82) is 0 Å². The molecule has 3 fully saturated rings. The molecule has 3 nitrogen and oxygen atoms in total. The maximum atomic E-state index is 13.3. The van der Waals surface area contributed by atoms with Gasteiger partial charge in [0.15, 0.2) is 0 Å². The van der Waals surface area contributed by atoms with Crippen LogP contribution in [0.25, 0.3) is 0 Å². The van der Waals surface area contributed by atoms with Crippen LogP contribution in [0.4, 0.5) is 4.39 Å². The summed E-state index contributed by atoms with van der Waals surface area (Å²) in [4.78, 5) is 3.95. The molecule has 108 valence electrons. The Morgan fingerprint density at radius 3 is 3.00 bits per heavy atom. The first-order valence-corrected chi connectivity index (χ1v) is 7.69. The van der Waals surface area contributed by atoms with Crippen molar-refractivity contribution in [3.8, 4) is 0 Å². The van der Waals surface area contributed by atoms with Gasteiger partial charge >= 0.3 is 0 Å². The Morgan fingerprint density at radius 1 is 1.45 bits per heavy atom. The third-order valence-electron chi connectivity index (χ3n) is 5.69. The topological polar surface area (TPSA) is 34.1 Å². The van der Waals surface area contributed by atoms with Gasteiger partial charge in [-0.2, -0.15) is 0 Å². The smallest absolute Gasteiger partial charge is 0.141 e. The third kappa shape index (κ3) is 1.67. The van der Waals surface area contributed by atoms with E-state index in [9.17, 15) is 4.39 Å². The molecule has 3 aliphatic rings. The Morgan fingerprint density at radius 2 is 2.30 bits per heavy atom. The summed E-state index contributed by atoms with van der Waals surface area (Å²) in [6, 6.07) is 2.25. The lowest BCUT2D eigenvalue weighted by Crippen LogP contribution is -2.71. The second kappa shape index (κ2) is 4.50. The lowest BCUT2D eigenvalue weighted by molar-refractivity contribution is -0.178. The number of hydrogen-bond acceptors (Lipinski definition) is 3. The van der Waals surface area contributed by atoms with E-state index in [0.717, 1.165) is 18.6 Å². The number of nitrogens with one attached hydrogen (secondary N) is 1. The molecule has 1 spiro atoms. The van der Waals surface area contributed by atoms with E-state index < -0.39 is 0 Å². The fraction of sp³-hybridized carbons (Fsp3) is 0.688. The van der Waals surface area contributed by atoms with Crippen molar-refractivity contribution in [2.75, 3.05) is 6.61 Å². The van der Waals surface area contributed by atoms with Crippen LogP contribution in [0.5, 0.6) is 0 Å². The van der Waals surface area contributed by atoms with Crippen molar-refractivity contribution in [2.45, 2.75) is 50.8 Å². The van der Waals surface area contributed by atoms with Gasteiger partial charge in [0.05, 0.1) is 12.3 Å². The van der Waals surface area contributed by atoms with Gasteiger partial charge in [0.2, 0.25) is 0 Å². The van der Waals surface area contributed by atoms with Crippen LogP contribution in [-0.4, -0.2) is 23.7 Å². The van der Waals surface area contributed by atoms with E-state index in [1.807, 2.05) is 0 Å². The number of aromatic nitrogens is 1. The molecule has 0 bridgehead atoms. The minimum Gasteiger partial charge on any atom is -0.377 e. The number of ether oxygens (including phenoxy) is 1. The quantitative estimate of drug-likeness (QED) is 0.922. The molecule has 0 unspecified atom stereocenters. The van der Waals surface area contributed by atoms with E-state index in [1.54, 1.807) is 12.3 Å². The van der Waals surface area contributed by atoms with Crippen molar-refractivity contribution in [3.05, 3.63) is 29.8 Å². The van der Waals surface area contributed by atoms with Gasteiger partial charge in [-0.05, 0) is 37.8 Å². The van der Waals surface area contributed by atoms with Gasteiger partial charge in [0.1, 0.15) is 5.82 Å². The predicted molar refractivity (Wildman–Crippen MR) is 73.7 cm³/mol. The monoisotopic (exact) mass is 276 g/mol. The summed E-state index contributed by atoms with van der Waals surface area (Å²) in [6.07, 6.45) is 8.54. The molecule has 2 saturated carbocycles. The molecule has 0 radical (unpaired) electrons. The summed E-state index contributed by atoms with van der Waals surface area (Å²) < 4.78 is 19.2. The Bertz CT molecular complexity index is 517. The fourth-order valence-corrected chi connectivity index (χ4v) is 4.53. The summed E-state index contributed by atoms with van der Waals surface area (Å²) >= 11 is 0. The molecule has 0 aromatic carbocycles. The minimum atomic E-state index is -0.259. The van der Waals surface area contributed by atoms with Crippen LogP contribution in [-0.2, 0) is 4.74 Å². The van der Waals surface area contributed by atoms with Gasteiger partial charge in [-0.3, -0.25) is 4.98 Å². The van der Waals surface area contributed by atoms with Gasteiger partial charge in [-0.25, -0.2) is 4.39 Å². The average Bonchev–Trinajstić information content (AvgIpc) is 2.79. The van der Waals surface area contributed by atoms with Crippen LogP contribution in [0.1, 0.15) is 44.2 Å². The average molecular weight is 276 g/mol. The lowest BCUT2D eigenvalue weighted by atomic mass is 9.46. The molecule has 1 aromatic heterocycles. The Hall–Kier alpha value is -1.00. The number of fused-ring (bicyclic) bond motifs is 2. The molecule has 0 amide bonds. The van der Waals surface area contributed by atoms with E-state index in [4.69, 9.17) is 4.74 Å². The van der Waals surface area contributed by atoms with Crippen LogP contribution in [0, 0.1) is 17.2 Å². The standard InChI is InChI=1S/C16H21FN2O/c1-10(11-7-12(17)9-18-8-11)19-14-13-3-6-20-15(13)16(14)4-2-5-16/h7-10,13-15,19H,2-6H2,1H3/t10-,13-,14+,15-/m0/s1. The number of nitrogens with zero attached hydrogens (tertiary/aromatic N) is 1. The second-order valence-electron chi connectivity index (χ2n) is 6.63. The molecule has 1 saturated heterocycles. The first-order valence-electron chi connectivity index (χ1n) is 7.69. The highest BCUT2D eigenvalue weighted by Gasteiger charge is 2.66. The molecule has 20 heavy (non-hydrogen) atoms. The molecule has 1 aliphatic heterocycles. The van der Waals surface area contributed by atoms with Crippen molar-refractivity contribution in [3.63, 3.8) is 0 Å². The third-order valence-corrected chi connectivity index (χ3v) is 5.69. The lowest BCUT2D eigenvalue weighted by Gasteiger charge is -2.64. The molecule has 2 aliphatic carbocycles. The summed E-state index contributed by atoms with van der Waals surface area (Å²) in [5.74, 6) is 0.393. The Kier molecular flexibility index (Phi) is 2.86. The molecular weight excluding hydrogens is 255 g/mol. The van der Waals surface area contributed by atoms with Crippen LogP contribution in [0.2, 0.25) is 0 Å². The number of rotatable bonds is 3. The molecule has 4 rings (SSSR count). The molecule has 1 N–H and O–H groups in total. The number of halogens is 1. The van der Waals surface area contributed by atoms with E-state index in [0.29, 0.717) is 23.5 Å².